The number of carbonyl (C=O) groups excluding carboxylic acids is 2. The minimum atomic E-state index is -0.593. The van der Waals surface area contributed by atoms with Crippen molar-refractivity contribution in [3.05, 3.63) is 63.6 Å². The summed E-state index contributed by atoms with van der Waals surface area (Å²) in [5, 5.41) is 3.16. The molecule has 0 saturated heterocycles. The highest BCUT2D eigenvalue weighted by atomic mass is 35.5. The van der Waals surface area contributed by atoms with Crippen molar-refractivity contribution in [1.29, 1.82) is 0 Å². The second-order valence-corrected chi connectivity index (χ2v) is 4.96. The number of amides is 1. The second-order valence-electron chi connectivity index (χ2n) is 4.12. The molecule has 1 amide bonds. The number of esters is 1. The van der Waals surface area contributed by atoms with Gasteiger partial charge >= 0.3 is 5.97 Å². The van der Waals surface area contributed by atoms with Gasteiger partial charge in [-0.3, -0.25) is 4.79 Å². The molecule has 0 radical (unpaired) electrons. The van der Waals surface area contributed by atoms with E-state index in [9.17, 15) is 9.59 Å². The zero-order chi connectivity index (χ0) is 15.4. The molecule has 0 fully saturated rings. The van der Waals surface area contributed by atoms with Gasteiger partial charge in [-0.25, -0.2) is 4.79 Å². The Kier molecular flexibility index (Phi) is 4.83. The van der Waals surface area contributed by atoms with Crippen molar-refractivity contribution in [3.8, 4) is 5.75 Å². The van der Waals surface area contributed by atoms with Crippen molar-refractivity contribution in [3.63, 3.8) is 0 Å². The zero-order valence-electron chi connectivity index (χ0n) is 11.0. The van der Waals surface area contributed by atoms with Crippen LogP contribution < -0.4 is 10.1 Å². The summed E-state index contributed by atoms with van der Waals surface area (Å²) in [5.41, 5.74) is 0.693. The molecule has 0 atom stereocenters. The predicted octanol–water partition coefficient (Wildman–Crippen LogP) is 3.57. The largest absolute Gasteiger partial charge is 0.423 e. The Hall–Kier alpha value is -2.04. The molecule has 21 heavy (non-hydrogen) atoms. The summed E-state index contributed by atoms with van der Waals surface area (Å²) in [4.78, 5) is 23.4. The fraction of sp³-hybridized carbons (Fsp3) is 0.0667. The summed E-state index contributed by atoms with van der Waals surface area (Å²) >= 11 is 11.7. The minimum Gasteiger partial charge on any atom is -0.423 e. The lowest BCUT2D eigenvalue weighted by Crippen LogP contribution is -2.17. The maximum atomic E-state index is 12.0. The van der Waals surface area contributed by atoms with Crippen LogP contribution >= 0.6 is 23.2 Å². The molecule has 0 aliphatic heterocycles. The summed E-state index contributed by atoms with van der Waals surface area (Å²) in [5.74, 6) is -0.489. The van der Waals surface area contributed by atoms with Crippen LogP contribution in [0.25, 0.3) is 0 Å². The number of carbonyl (C=O) groups is 2. The van der Waals surface area contributed by atoms with Crippen molar-refractivity contribution >= 4 is 35.1 Å². The Morgan fingerprint density at radius 2 is 1.71 bits per heavy atom. The molecule has 2 aromatic carbocycles. The van der Waals surface area contributed by atoms with Gasteiger partial charge in [0.1, 0.15) is 5.75 Å². The third kappa shape index (κ3) is 3.74. The van der Waals surface area contributed by atoms with Crippen LogP contribution in [0.3, 0.4) is 0 Å². The first-order chi connectivity index (χ1) is 10.0. The van der Waals surface area contributed by atoms with Gasteiger partial charge in [0.15, 0.2) is 0 Å². The van der Waals surface area contributed by atoms with Gasteiger partial charge in [-0.05, 0) is 42.5 Å². The van der Waals surface area contributed by atoms with E-state index in [1.807, 2.05) is 0 Å². The topological polar surface area (TPSA) is 55.4 Å². The highest BCUT2D eigenvalue weighted by Crippen LogP contribution is 2.23. The molecule has 0 heterocycles. The molecular formula is C15H11Cl2NO3. The number of nitrogens with one attached hydrogen (secondary N) is 1. The number of hydrogen-bond acceptors (Lipinski definition) is 3. The Labute approximate surface area is 131 Å². The number of halogens is 2. The van der Waals surface area contributed by atoms with Crippen molar-refractivity contribution < 1.29 is 14.3 Å². The molecule has 0 unspecified atom stereocenters. The maximum absolute atomic E-state index is 12.0. The van der Waals surface area contributed by atoms with Crippen molar-refractivity contribution in [2.24, 2.45) is 0 Å². The lowest BCUT2D eigenvalue weighted by Gasteiger charge is -2.07. The maximum Gasteiger partial charge on any atom is 0.345 e. The number of rotatable bonds is 3. The SMILES string of the molecule is CNC(=O)c1ccc(OC(=O)c2ccc(Cl)cc2Cl)cc1. The third-order valence-electron chi connectivity index (χ3n) is 2.71. The van der Waals surface area contributed by atoms with Crippen LogP contribution in [-0.4, -0.2) is 18.9 Å². The fourth-order valence-corrected chi connectivity index (χ4v) is 2.12. The number of benzene rings is 2. The van der Waals surface area contributed by atoms with Gasteiger partial charge in [-0.2, -0.15) is 0 Å². The van der Waals surface area contributed by atoms with Gasteiger partial charge in [-0.15, -0.1) is 0 Å². The average molecular weight is 324 g/mol. The first-order valence-corrected chi connectivity index (χ1v) is 6.76. The average Bonchev–Trinajstić information content (AvgIpc) is 2.47. The van der Waals surface area contributed by atoms with Gasteiger partial charge < -0.3 is 10.1 Å². The van der Waals surface area contributed by atoms with E-state index in [4.69, 9.17) is 27.9 Å². The van der Waals surface area contributed by atoms with E-state index in [-0.39, 0.29) is 16.5 Å². The molecule has 6 heteroatoms. The summed E-state index contributed by atoms with van der Waals surface area (Å²) in [6, 6.07) is 10.7. The van der Waals surface area contributed by atoms with E-state index in [1.165, 1.54) is 24.3 Å². The molecule has 2 aromatic rings. The van der Waals surface area contributed by atoms with Gasteiger partial charge in [-0.1, -0.05) is 23.2 Å². The lowest BCUT2D eigenvalue weighted by atomic mass is 10.2. The Bertz CT molecular complexity index is 684. The number of hydrogen-bond donors (Lipinski definition) is 1. The van der Waals surface area contributed by atoms with E-state index in [2.05, 4.69) is 5.32 Å². The smallest absolute Gasteiger partial charge is 0.345 e. The van der Waals surface area contributed by atoms with Crippen LogP contribution in [-0.2, 0) is 0 Å². The second kappa shape index (κ2) is 6.61. The molecular weight excluding hydrogens is 313 g/mol. The summed E-state index contributed by atoms with van der Waals surface area (Å²) in [7, 11) is 1.54. The Morgan fingerprint density at radius 3 is 2.29 bits per heavy atom. The monoisotopic (exact) mass is 323 g/mol. The third-order valence-corrected chi connectivity index (χ3v) is 3.25. The molecule has 0 saturated carbocycles. The van der Waals surface area contributed by atoms with E-state index in [0.717, 1.165) is 0 Å². The highest BCUT2D eigenvalue weighted by Gasteiger charge is 2.13. The first kappa shape index (κ1) is 15.4. The van der Waals surface area contributed by atoms with Crippen LogP contribution in [0.4, 0.5) is 0 Å². The van der Waals surface area contributed by atoms with E-state index < -0.39 is 5.97 Å². The normalized spacial score (nSPS) is 10.0. The van der Waals surface area contributed by atoms with E-state index in [0.29, 0.717) is 16.3 Å². The molecule has 0 spiro atoms. The predicted molar refractivity (Wildman–Crippen MR) is 81.3 cm³/mol. The molecule has 0 bridgehead atoms. The van der Waals surface area contributed by atoms with E-state index in [1.54, 1.807) is 25.2 Å². The van der Waals surface area contributed by atoms with Gasteiger partial charge in [0.25, 0.3) is 5.91 Å². The Morgan fingerprint density at radius 1 is 1.05 bits per heavy atom. The number of ether oxygens (including phenoxy) is 1. The van der Waals surface area contributed by atoms with Gasteiger partial charge in [0.05, 0.1) is 10.6 Å². The van der Waals surface area contributed by atoms with E-state index >= 15 is 0 Å². The van der Waals surface area contributed by atoms with Crippen molar-refractivity contribution in [2.45, 2.75) is 0 Å². The van der Waals surface area contributed by atoms with Crippen LogP contribution in [0, 0.1) is 0 Å². The zero-order valence-corrected chi connectivity index (χ0v) is 12.5. The first-order valence-electron chi connectivity index (χ1n) is 6.00. The van der Waals surface area contributed by atoms with Crippen LogP contribution in [0.2, 0.25) is 10.0 Å². The van der Waals surface area contributed by atoms with Crippen molar-refractivity contribution in [1.82, 2.24) is 5.32 Å². The summed E-state index contributed by atoms with van der Waals surface area (Å²) in [6.45, 7) is 0. The molecule has 0 aliphatic carbocycles. The molecule has 4 nitrogen and oxygen atoms in total. The summed E-state index contributed by atoms with van der Waals surface area (Å²) in [6.07, 6.45) is 0. The Balaban J connectivity index is 2.14. The highest BCUT2D eigenvalue weighted by molar-refractivity contribution is 6.36. The molecule has 0 aromatic heterocycles. The minimum absolute atomic E-state index is 0.214. The molecule has 108 valence electrons. The summed E-state index contributed by atoms with van der Waals surface area (Å²) < 4.78 is 5.19. The quantitative estimate of drug-likeness (QED) is 0.694. The standard InChI is InChI=1S/C15H11Cl2NO3/c1-18-14(19)9-2-5-11(6-3-9)21-15(20)12-7-4-10(16)8-13(12)17/h2-8H,1H3,(H,18,19). The molecule has 0 aliphatic rings. The van der Waals surface area contributed by atoms with Gasteiger partial charge in [0, 0.05) is 17.6 Å². The van der Waals surface area contributed by atoms with Crippen LogP contribution in [0.1, 0.15) is 20.7 Å². The lowest BCUT2D eigenvalue weighted by molar-refractivity contribution is 0.0735. The van der Waals surface area contributed by atoms with Crippen molar-refractivity contribution in [2.75, 3.05) is 7.05 Å². The fourth-order valence-electron chi connectivity index (χ4n) is 1.64. The van der Waals surface area contributed by atoms with Crippen LogP contribution in [0.5, 0.6) is 5.75 Å². The van der Waals surface area contributed by atoms with Gasteiger partial charge in [0.2, 0.25) is 0 Å². The molecule has 1 N–H and O–H groups in total. The van der Waals surface area contributed by atoms with Crippen LogP contribution in [0.15, 0.2) is 42.5 Å². The molecule has 2 rings (SSSR count).